The minimum absolute atomic E-state index is 0.0530. The van der Waals surface area contributed by atoms with Gasteiger partial charge in [0.2, 0.25) is 0 Å². The molecule has 0 radical (unpaired) electrons. The predicted molar refractivity (Wildman–Crippen MR) is 118 cm³/mol. The van der Waals surface area contributed by atoms with E-state index in [1.165, 1.54) is 11.3 Å². The van der Waals surface area contributed by atoms with E-state index >= 15 is 0 Å². The van der Waals surface area contributed by atoms with Crippen LogP contribution in [0.3, 0.4) is 0 Å². The Morgan fingerprint density at radius 3 is 2.41 bits per heavy atom. The average Bonchev–Trinajstić information content (AvgIpc) is 3.18. The Morgan fingerprint density at radius 2 is 1.78 bits per heavy atom. The van der Waals surface area contributed by atoms with E-state index in [2.05, 4.69) is 36.9 Å². The van der Waals surface area contributed by atoms with Gasteiger partial charge in [-0.15, -0.1) is 11.3 Å². The van der Waals surface area contributed by atoms with Crippen molar-refractivity contribution in [2.45, 2.75) is 13.0 Å². The number of benzene rings is 2. The molecule has 1 atom stereocenters. The summed E-state index contributed by atoms with van der Waals surface area (Å²) in [5, 5.41) is 11.5. The van der Waals surface area contributed by atoms with Crippen LogP contribution in [0.15, 0.2) is 63.9 Å². The lowest BCUT2D eigenvalue weighted by Gasteiger charge is -2.18. The number of carbonyl (C=O) groups is 1. The topological polar surface area (TPSA) is 66.0 Å². The first-order chi connectivity index (χ1) is 13.0. The molecular weight excluding hydrogens is 444 g/mol. The minimum atomic E-state index is -0.226. The summed E-state index contributed by atoms with van der Waals surface area (Å²) >= 11 is 10.3. The first-order valence-electron chi connectivity index (χ1n) is 8.14. The van der Waals surface area contributed by atoms with E-state index in [1.54, 1.807) is 10.9 Å². The van der Waals surface area contributed by atoms with E-state index < -0.39 is 0 Å². The number of nitrogens with zero attached hydrogens (tertiary/aromatic N) is 1. The average molecular weight is 461 g/mol. The molecule has 2 aromatic carbocycles. The molecule has 3 N–H and O–H groups in total. The third-order valence-corrected chi connectivity index (χ3v) is 5.31. The van der Waals surface area contributed by atoms with Crippen molar-refractivity contribution in [2.75, 3.05) is 10.6 Å². The van der Waals surface area contributed by atoms with Crippen LogP contribution in [0.5, 0.6) is 0 Å². The van der Waals surface area contributed by atoms with E-state index in [1.807, 2.05) is 55.5 Å². The third kappa shape index (κ3) is 5.35. The van der Waals surface area contributed by atoms with Gasteiger partial charge < -0.3 is 16.0 Å². The Bertz CT molecular complexity index is 929. The van der Waals surface area contributed by atoms with Gasteiger partial charge in [0, 0.05) is 21.2 Å². The molecule has 0 saturated carbocycles. The predicted octanol–water partition coefficient (Wildman–Crippen LogP) is 5.21. The summed E-state index contributed by atoms with van der Waals surface area (Å²) in [6.45, 7) is 2.05. The van der Waals surface area contributed by atoms with Crippen molar-refractivity contribution in [3.8, 4) is 0 Å². The molecule has 0 aliphatic rings. The maximum Gasteiger partial charge on any atom is 0.275 e. The molecule has 1 unspecified atom stereocenters. The number of anilines is 2. The van der Waals surface area contributed by atoms with E-state index in [9.17, 15) is 4.79 Å². The molecule has 0 aliphatic heterocycles. The fourth-order valence-electron chi connectivity index (χ4n) is 2.42. The van der Waals surface area contributed by atoms with Crippen molar-refractivity contribution < 1.29 is 4.79 Å². The van der Waals surface area contributed by atoms with E-state index in [0.717, 1.165) is 15.7 Å². The molecular formula is C19H17BrN4OS2. The Hall–Kier alpha value is -2.29. The highest BCUT2D eigenvalue weighted by Gasteiger charge is 2.11. The van der Waals surface area contributed by atoms with Crippen LogP contribution in [0.1, 0.15) is 29.0 Å². The molecule has 27 heavy (non-hydrogen) atoms. The molecule has 1 heterocycles. The number of halogens is 1. The number of hydrogen-bond acceptors (Lipinski definition) is 4. The molecule has 0 saturated heterocycles. The van der Waals surface area contributed by atoms with Crippen molar-refractivity contribution in [3.05, 3.63) is 75.2 Å². The van der Waals surface area contributed by atoms with Gasteiger partial charge in [-0.25, -0.2) is 4.98 Å². The Kier molecular flexibility index (Phi) is 6.54. The van der Waals surface area contributed by atoms with Crippen LogP contribution in [-0.2, 0) is 0 Å². The van der Waals surface area contributed by atoms with E-state index in [0.29, 0.717) is 16.5 Å². The van der Waals surface area contributed by atoms with Crippen molar-refractivity contribution >= 4 is 61.9 Å². The molecule has 0 spiro atoms. The molecule has 8 heteroatoms. The molecule has 1 aromatic heterocycles. The van der Waals surface area contributed by atoms with Gasteiger partial charge in [0.15, 0.2) is 5.11 Å². The van der Waals surface area contributed by atoms with Crippen molar-refractivity contribution in [2.24, 2.45) is 0 Å². The lowest BCUT2D eigenvalue weighted by atomic mass is 10.1. The van der Waals surface area contributed by atoms with Gasteiger partial charge >= 0.3 is 0 Å². The minimum Gasteiger partial charge on any atom is -0.356 e. The number of amides is 1. The zero-order valence-electron chi connectivity index (χ0n) is 14.4. The smallest absolute Gasteiger partial charge is 0.275 e. The van der Waals surface area contributed by atoms with Crippen LogP contribution in [0.2, 0.25) is 0 Å². The second-order valence-electron chi connectivity index (χ2n) is 5.75. The fraction of sp³-hybridized carbons (Fsp3) is 0.105. The number of aromatic nitrogens is 1. The highest BCUT2D eigenvalue weighted by atomic mass is 79.9. The second-order valence-corrected chi connectivity index (χ2v) is 7.73. The second kappa shape index (κ2) is 9.07. The zero-order chi connectivity index (χ0) is 19.2. The summed E-state index contributed by atoms with van der Waals surface area (Å²) in [7, 11) is 0. The molecule has 3 aromatic rings. The quantitative estimate of drug-likeness (QED) is 0.456. The van der Waals surface area contributed by atoms with Crippen LogP contribution in [0.4, 0.5) is 11.4 Å². The Labute approximate surface area is 175 Å². The first-order valence-corrected chi connectivity index (χ1v) is 10.3. The summed E-state index contributed by atoms with van der Waals surface area (Å²) in [5.41, 5.74) is 4.69. The number of rotatable bonds is 5. The number of nitrogens with one attached hydrogen (secondary N) is 3. The van der Waals surface area contributed by atoms with Gasteiger partial charge in [-0.05, 0) is 55.0 Å². The Morgan fingerprint density at radius 1 is 1.11 bits per heavy atom. The highest BCUT2D eigenvalue weighted by Crippen LogP contribution is 2.23. The maximum absolute atomic E-state index is 12.0. The van der Waals surface area contributed by atoms with Crippen molar-refractivity contribution in [1.29, 1.82) is 0 Å². The molecule has 3 rings (SSSR count). The zero-order valence-corrected chi connectivity index (χ0v) is 17.6. The molecule has 0 bridgehead atoms. The maximum atomic E-state index is 12.0. The lowest BCUT2D eigenvalue weighted by Crippen LogP contribution is -2.31. The summed E-state index contributed by atoms with van der Waals surface area (Å²) < 4.78 is 1.04. The third-order valence-electron chi connectivity index (χ3n) is 3.78. The molecule has 0 aliphatic carbocycles. The first kappa shape index (κ1) is 19.5. The van der Waals surface area contributed by atoms with Crippen LogP contribution < -0.4 is 16.0 Å². The van der Waals surface area contributed by atoms with Crippen LogP contribution in [0.25, 0.3) is 0 Å². The highest BCUT2D eigenvalue weighted by molar-refractivity contribution is 9.10. The Balaban J connectivity index is 1.55. The van der Waals surface area contributed by atoms with E-state index in [4.69, 9.17) is 12.2 Å². The number of thiazole rings is 1. The SMILES string of the molecule is CC(NC(=S)Nc1ccc(NC(=O)c2cscn2)cc1)c1ccccc1Br. The molecule has 5 nitrogen and oxygen atoms in total. The summed E-state index contributed by atoms with van der Waals surface area (Å²) in [4.78, 5) is 16.0. The number of hydrogen-bond donors (Lipinski definition) is 3. The standard InChI is InChI=1S/C19H17BrN4OS2/c1-12(15-4-2-3-5-16(15)20)22-19(26)24-14-8-6-13(7-9-14)23-18(25)17-10-27-11-21-17/h2-12H,1H3,(H,23,25)(H2,22,24,26). The van der Waals surface area contributed by atoms with Gasteiger partial charge in [-0.2, -0.15) is 0 Å². The number of thiocarbonyl (C=S) groups is 1. The van der Waals surface area contributed by atoms with Crippen LogP contribution >= 0.6 is 39.5 Å². The van der Waals surface area contributed by atoms with Gasteiger partial charge in [0.25, 0.3) is 5.91 Å². The van der Waals surface area contributed by atoms with Crippen molar-refractivity contribution in [3.63, 3.8) is 0 Å². The van der Waals surface area contributed by atoms with Crippen LogP contribution in [0, 0.1) is 0 Å². The molecule has 138 valence electrons. The van der Waals surface area contributed by atoms with Gasteiger partial charge in [-0.3, -0.25) is 4.79 Å². The lowest BCUT2D eigenvalue weighted by molar-refractivity contribution is 0.102. The molecule has 0 fully saturated rings. The monoisotopic (exact) mass is 460 g/mol. The summed E-state index contributed by atoms with van der Waals surface area (Å²) in [6.07, 6.45) is 0. The van der Waals surface area contributed by atoms with Gasteiger partial charge in [0.05, 0.1) is 11.6 Å². The van der Waals surface area contributed by atoms with Crippen LogP contribution in [-0.4, -0.2) is 16.0 Å². The normalized spacial score (nSPS) is 11.5. The fourth-order valence-corrected chi connectivity index (χ4v) is 3.88. The molecule has 1 amide bonds. The van der Waals surface area contributed by atoms with Gasteiger partial charge in [0.1, 0.15) is 5.69 Å². The number of carbonyl (C=O) groups excluding carboxylic acids is 1. The van der Waals surface area contributed by atoms with E-state index in [-0.39, 0.29) is 11.9 Å². The largest absolute Gasteiger partial charge is 0.356 e. The van der Waals surface area contributed by atoms with Crippen molar-refractivity contribution in [1.82, 2.24) is 10.3 Å². The summed E-state index contributed by atoms with van der Waals surface area (Å²) in [5.74, 6) is -0.226. The summed E-state index contributed by atoms with van der Waals surface area (Å²) in [6, 6.07) is 15.4. The van der Waals surface area contributed by atoms with Gasteiger partial charge in [-0.1, -0.05) is 34.1 Å².